The first-order valence-corrected chi connectivity index (χ1v) is 8.30. The predicted octanol–water partition coefficient (Wildman–Crippen LogP) is 3.43. The van der Waals surface area contributed by atoms with E-state index in [9.17, 15) is 9.18 Å². The quantitative estimate of drug-likeness (QED) is 0.870. The monoisotopic (exact) mass is 313 g/mol. The van der Waals surface area contributed by atoms with Crippen LogP contribution in [0.2, 0.25) is 0 Å². The first-order valence-electron chi connectivity index (χ1n) is 8.30. The van der Waals surface area contributed by atoms with E-state index in [-0.39, 0.29) is 11.7 Å². The standard InChI is InChI=1S/C18H20FN3O/c1-12-16(18(23)21-10-2-3-11-21)17(13-4-5-13)20-22(12)15-8-6-14(19)7-9-15/h6-9,13H,2-5,10-11H2,1H3. The molecule has 0 atom stereocenters. The molecular formula is C18H20FN3O. The summed E-state index contributed by atoms with van der Waals surface area (Å²) in [7, 11) is 0. The molecule has 4 rings (SSSR count). The number of likely N-dealkylation sites (tertiary alicyclic amines) is 1. The van der Waals surface area contributed by atoms with Gasteiger partial charge in [0.1, 0.15) is 5.82 Å². The molecule has 2 aliphatic rings. The summed E-state index contributed by atoms with van der Waals surface area (Å²) < 4.78 is 15.0. The highest BCUT2D eigenvalue weighted by atomic mass is 19.1. The molecule has 0 N–H and O–H groups in total. The zero-order valence-corrected chi connectivity index (χ0v) is 13.3. The van der Waals surface area contributed by atoms with Gasteiger partial charge in [-0.1, -0.05) is 0 Å². The third-order valence-electron chi connectivity index (χ3n) is 4.79. The number of hydrogen-bond acceptors (Lipinski definition) is 2. The molecular weight excluding hydrogens is 293 g/mol. The minimum absolute atomic E-state index is 0.107. The van der Waals surface area contributed by atoms with Crippen molar-refractivity contribution in [1.82, 2.24) is 14.7 Å². The molecule has 2 heterocycles. The molecule has 23 heavy (non-hydrogen) atoms. The number of hydrogen-bond donors (Lipinski definition) is 0. The van der Waals surface area contributed by atoms with Crippen molar-refractivity contribution in [3.63, 3.8) is 0 Å². The lowest BCUT2D eigenvalue weighted by Gasteiger charge is -2.15. The molecule has 0 unspecified atom stereocenters. The van der Waals surface area contributed by atoms with E-state index in [2.05, 4.69) is 0 Å². The predicted molar refractivity (Wildman–Crippen MR) is 85.4 cm³/mol. The van der Waals surface area contributed by atoms with E-state index in [1.807, 2.05) is 11.8 Å². The second-order valence-electron chi connectivity index (χ2n) is 6.51. The maximum absolute atomic E-state index is 13.2. The van der Waals surface area contributed by atoms with Crippen molar-refractivity contribution in [2.75, 3.05) is 13.1 Å². The van der Waals surface area contributed by atoms with Crippen LogP contribution in [0.1, 0.15) is 53.3 Å². The number of nitrogens with zero attached hydrogens (tertiary/aromatic N) is 3. The Labute approximate surface area is 134 Å². The largest absolute Gasteiger partial charge is 0.339 e. The second kappa shape index (κ2) is 5.48. The van der Waals surface area contributed by atoms with Crippen LogP contribution in [0.4, 0.5) is 4.39 Å². The maximum atomic E-state index is 13.2. The number of halogens is 1. The summed E-state index contributed by atoms with van der Waals surface area (Å²) in [5.41, 5.74) is 3.34. The first-order chi connectivity index (χ1) is 11.1. The van der Waals surface area contributed by atoms with E-state index < -0.39 is 0 Å². The van der Waals surface area contributed by atoms with E-state index in [0.717, 1.165) is 61.4 Å². The third-order valence-corrected chi connectivity index (χ3v) is 4.79. The highest BCUT2D eigenvalue weighted by Gasteiger charge is 2.35. The molecule has 5 heteroatoms. The van der Waals surface area contributed by atoms with Gasteiger partial charge in [0.2, 0.25) is 0 Å². The minimum atomic E-state index is -0.269. The van der Waals surface area contributed by atoms with Crippen molar-refractivity contribution >= 4 is 5.91 Å². The zero-order chi connectivity index (χ0) is 16.0. The third kappa shape index (κ3) is 2.54. The van der Waals surface area contributed by atoms with E-state index in [0.29, 0.717) is 5.92 Å². The Balaban J connectivity index is 1.78. The second-order valence-corrected chi connectivity index (χ2v) is 6.51. The summed E-state index contributed by atoms with van der Waals surface area (Å²) in [6.07, 6.45) is 4.35. The Morgan fingerprint density at radius 3 is 2.43 bits per heavy atom. The fourth-order valence-corrected chi connectivity index (χ4v) is 3.34. The van der Waals surface area contributed by atoms with Crippen molar-refractivity contribution in [2.45, 2.75) is 38.5 Å². The molecule has 0 spiro atoms. The van der Waals surface area contributed by atoms with Gasteiger partial charge in [0.25, 0.3) is 5.91 Å². The van der Waals surface area contributed by atoms with Crippen molar-refractivity contribution in [3.05, 3.63) is 47.0 Å². The molecule has 2 fully saturated rings. The Morgan fingerprint density at radius 1 is 1.17 bits per heavy atom. The molecule has 1 saturated heterocycles. The van der Waals surface area contributed by atoms with E-state index >= 15 is 0 Å². The van der Waals surface area contributed by atoms with Crippen LogP contribution in [-0.2, 0) is 0 Å². The van der Waals surface area contributed by atoms with Crippen molar-refractivity contribution in [1.29, 1.82) is 0 Å². The van der Waals surface area contributed by atoms with Gasteiger partial charge < -0.3 is 4.90 Å². The van der Waals surface area contributed by atoms with Gasteiger partial charge in [-0.05, 0) is 56.9 Å². The zero-order valence-electron chi connectivity index (χ0n) is 13.3. The number of carbonyl (C=O) groups excluding carboxylic acids is 1. The van der Waals surface area contributed by atoms with Gasteiger partial charge in [0.15, 0.2) is 0 Å². The van der Waals surface area contributed by atoms with Gasteiger partial charge in [0, 0.05) is 19.0 Å². The fourth-order valence-electron chi connectivity index (χ4n) is 3.34. The first kappa shape index (κ1) is 14.4. The summed E-state index contributed by atoms with van der Waals surface area (Å²) in [4.78, 5) is 14.9. The minimum Gasteiger partial charge on any atom is -0.339 e. The van der Waals surface area contributed by atoms with Gasteiger partial charge in [-0.2, -0.15) is 5.10 Å². The molecule has 1 aromatic carbocycles. The highest BCUT2D eigenvalue weighted by molar-refractivity contribution is 5.97. The number of benzene rings is 1. The fraction of sp³-hybridized carbons (Fsp3) is 0.444. The summed E-state index contributed by atoms with van der Waals surface area (Å²) in [5, 5.41) is 4.71. The van der Waals surface area contributed by atoms with Gasteiger partial charge in [-0.25, -0.2) is 9.07 Å². The van der Waals surface area contributed by atoms with Crippen LogP contribution in [0, 0.1) is 12.7 Å². The van der Waals surface area contributed by atoms with E-state index in [4.69, 9.17) is 5.10 Å². The molecule has 1 saturated carbocycles. The molecule has 0 radical (unpaired) electrons. The van der Waals surface area contributed by atoms with Crippen molar-refractivity contribution in [3.8, 4) is 5.69 Å². The molecule has 0 bridgehead atoms. The molecule has 1 amide bonds. The van der Waals surface area contributed by atoms with Crippen LogP contribution in [0.25, 0.3) is 5.69 Å². The summed E-state index contributed by atoms with van der Waals surface area (Å²) in [6.45, 7) is 3.61. The Bertz CT molecular complexity index is 740. The molecule has 2 aromatic rings. The molecule has 4 nitrogen and oxygen atoms in total. The van der Waals surface area contributed by atoms with Crippen LogP contribution in [0.3, 0.4) is 0 Å². The highest BCUT2D eigenvalue weighted by Crippen LogP contribution is 2.42. The Morgan fingerprint density at radius 2 is 1.83 bits per heavy atom. The summed E-state index contributed by atoms with van der Waals surface area (Å²) in [5.74, 6) is 0.238. The lowest BCUT2D eigenvalue weighted by Crippen LogP contribution is -2.28. The lowest BCUT2D eigenvalue weighted by atomic mass is 10.1. The summed E-state index contributed by atoms with van der Waals surface area (Å²) in [6, 6.07) is 6.26. The SMILES string of the molecule is Cc1c(C(=O)N2CCCC2)c(C2CC2)nn1-c1ccc(F)cc1. The van der Waals surface area contributed by atoms with Crippen molar-refractivity contribution in [2.24, 2.45) is 0 Å². The lowest BCUT2D eigenvalue weighted by molar-refractivity contribution is 0.0791. The maximum Gasteiger partial charge on any atom is 0.257 e. The molecule has 1 aromatic heterocycles. The number of amides is 1. The van der Waals surface area contributed by atoms with Crippen LogP contribution in [-0.4, -0.2) is 33.7 Å². The van der Waals surface area contributed by atoms with Gasteiger partial charge >= 0.3 is 0 Å². The van der Waals surface area contributed by atoms with Crippen LogP contribution in [0.15, 0.2) is 24.3 Å². The number of aromatic nitrogens is 2. The molecule has 1 aliphatic heterocycles. The summed E-state index contributed by atoms with van der Waals surface area (Å²) >= 11 is 0. The van der Waals surface area contributed by atoms with Gasteiger partial charge in [-0.15, -0.1) is 0 Å². The molecule has 120 valence electrons. The average molecular weight is 313 g/mol. The van der Waals surface area contributed by atoms with E-state index in [1.165, 1.54) is 12.1 Å². The van der Waals surface area contributed by atoms with Gasteiger partial charge in [-0.3, -0.25) is 4.79 Å². The topological polar surface area (TPSA) is 38.1 Å². The van der Waals surface area contributed by atoms with Crippen molar-refractivity contribution < 1.29 is 9.18 Å². The smallest absolute Gasteiger partial charge is 0.257 e. The van der Waals surface area contributed by atoms with E-state index in [1.54, 1.807) is 16.8 Å². The van der Waals surface area contributed by atoms with Crippen LogP contribution < -0.4 is 0 Å². The average Bonchev–Trinajstić information content (AvgIpc) is 3.13. The Hall–Kier alpha value is -2.17. The Kier molecular flexibility index (Phi) is 3.43. The van der Waals surface area contributed by atoms with Gasteiger partial charge in [0.05, 0.1) is 22.6 Å². The molecule has 1 aliphatic carbocycles. The van der Waals surface area contributed by atoms with Crippen LogP contribution >= 0.6 is 0 Å². The number of rotatable bonds is 3. The number of carbonyl (C=O) groups is 1. The normalized spacial score (nSPS) is 17.7. The van der Waals surface area contributed by atoms with Crippen LogP contribution in [0.5, 0.6) is 0 Å².